The van der Waals surface area contributed by atoms with Gasteiger partial charge in [-0.1, -0.05) is 0 Å². The first kappa shape index (κ1) is 15.7. The Morgan fingerprint density at radius 2 is 2.29 bits per heavy atom. The summed E-state index contributed by atoms with van der Waals surface area (Å²) in [6.07, 6.45) is 3.30. The van der Waals surface area contributed by atoms with Gasteiger partial charge in [0.2, 0.25) is 0 Å². The summed E-state index contributed by atoms with van der Waals surface area (Å²) in [4.78, 5) is 14.8. The lowest BCUT2D eigenvalue weighted by molar-refractivity contribution is -0.141. The molecular formula is C7H13Cl2N3O2. The number of hydrogen-bond donors (Lipinski definition) is 1. The lowest BCUT2D eigenvalue weighted by Gasteiger charge is -2.03. The molecule has 2 N–H and O–H groups in total. The number of esters is 1. The Morgan fingerprint density at radius 3 is 2.79 bits per heavy atom. The number of nitrogens with zero attached hydrogens (tertiary/aromatic N) is 2. The van der Waals surface area contributed by atoms with Crippen molar-refractivity contribution in [3.8, 4) is 0 Å². The first-order valence-electron chi connectivity index (χ1n) is 3.55. The zero-order valence-electron chi connectivity index (χ0n) is 7.67. The van der Waals surface area contributed by atoms with Gasteiger partial charge in [-0.3, -0.25) is 4.79 Å². The minimum atomic E-state index is -0.303. The Hall–Kier alpha value is -0.780. The van der Waals surface area contributed by atoms with Crippen LogP contribution in [-0.2, 0) is 22.6 Å². The Morgan fingerprint density at radius 1 is 1.64 bits per heavy atom. The minimum Gasteiger partial charge on any atom is -0.468 e. The third-order valence-electron chi connectivity index (χ3n) is 1.51. The fourth-order valence-corrected chi connectivity index (χ4v) is 0.878. The predicted octanol–water partition coefficient (Wildman–Crippen LogP) is 0.358. The summed E-state index contributed by atoms with van der Waals surface area (Å²) in [5.74, 6) is 0.378. The Balaban J connectivity index is 0. The molecular weight excluding hydrogens is 229 g/mol. The van der Waals surface area contributed by atoms with E-state index in [-0.39, 0.29) is 37.3 Å². The van der Waals surface area contributed by atoms with Gasteiger partial charge in [0, 0.05) is 12.4 Å². The molecule has 82 valence electrons. The van der Waals surface area contributed by atoms with E-state index >= 15 is 0 Å². The number of methoxy groups -OCH3 is 1. The van der Waals surface area contributed by atoms with Crippen molar-refractivity contribution >= 4 is 30.8 Å². The fourth-order valence-electron chi connectivity index (χ4n) is 0.878. The van der Waals surface area contributed by atoms with Gasteiger partial charge in [-0.15, -0.1) is 24.8 Å². The highest BCUT2D eigenvalue weighted by atomic mass is 35.5. The highest BCUT2D eigenvalue weighted by molar-refractivity contribution is 5.85. The molecule has 1 heterocycles. The highest BCUT2D eigenvalue weighted by Crippen LogP contribution is 1.96. The summed E-state index contributed by atoms with van der Waals surface area (Å²) in [6.45, 7) is 0.493. The molecule has 1 aromatic heterocycles. The molecule has 0 saturated heterocycles. The molecule has 0 atom stereocenters. The normalized spacial score (nSPS) is 8.43. The lowest BCUT2D eigenvalue weighted by Crippen LogP contribution is -2.15. The van der Waals surface area contributed by atoms with E-state index < -0.39 is 0 Å². The zero-order valence-corrected chi connectivity index (χ0v) is 9.31. The van der Waals surface area contributed by atoms with Gasteiger partial charge in [-0.2, -0.15) is 0 Å². The third kappa shape index (κ3) is 3.95. The highest BCUT2D eigenvalue weighted by Gasteiger charge is 2.05. The molecule has 1 rings (SSSR count). The van der Waals surface area contributed by atoms with Crippen LogP contribution in [0.15, 0.2) is 12.4 Å². The van der Waals surface area contributed by atoms with Gasteiger partial charge in [-0.05, 0) is 0 Å². The van der Waals surface area contributed by atoms with Crippen molar-refractivity contribution in [3.05, 3.63) is 18.2 Å². The van der Waals surface area contributed by atoms with Gasteiger partial charge in [0.1, 0.15) is 12.4 Å². The molecule has 0 aromatic carbocycles. The van der Waals surface area contributed by atoms with Crippen LogP contribution in [0.2, 0.25) is 0 Å². The summed E-state index contributed by atoms with van der Waals surface area (Å²) < 4.78 is 6.15. The Labute approximate surface area is 94.5 Å². The Bertz CT molecular complexity index is 278. The number of carbonyl (C=O) groups is 1. The summed E-state index contributed by atoms with van der Waals surface area (Å²) in [5.41, 5.74) is 5.38. The molecule has 0 saturated carbocycles. The summed E-state index contributed by atoms with van der Waals surface area (Å²) in [6, 6.07) is 0. The largest absolute Gasteiger partial charge is 0.468 e. The maximum absolute atomic E-state index is 10.8. The monoisotopic (exact) mass is 241 g/mol. The molecule has 0 unspecified atom stereocenters. The maximum atomic E-state index is 10.8. The van der Waals surface area contributed by atoms with Crippen LogP contribution < -0.4 is 5.73 Å². The lowest BCUT2D eigenvalue weighted by atomic mass is 10.5. The van der Waals surface area contributed by atoms with E-state index in [1.165, 1.54) is 7.11 Å². The third-order valence-corrected chi connectivity index (χ3v) is 1.51. The molecule has 14 heavy (non-hydrogen) atoms. The number of aromatic nitrogens is 2. The molecule has 0 fully saturated rings. The van der Waals surface area contributed by atoms with Gasteiger partial charge in [0.05, 0.1) is 13.7 Å². The van der Waals surface area contributed by atoms with Crippen molar-refractivity contribution in [2.75, 3.05) is 7.11 Å². The summed E-state index contributed by atoms with van der Waals surface area (Å²) in [7, 11) is 1.35. The molecule has 7 heteroatoms. The SMILES string of the molecule is COC(=O)Cn1ccnc1CN.Cl.Cl. The standard InChI is InChI=1S/C7H11N3O2.2ClH/c1-12-7(11)5-10-3-2-9-6(10)4-8;;/h2-3H,4-5,8H2,1H3;2*1H. The molecule has 0 radical (unpaired) electrons. The number of hydrogen-bond acceptors (Lipinski definition) is 4. The average Bonchev–Trinajstić information content (AvgIpc) is 2.51. The van der Waals surface area contributed by atoms with Crippen molar-refractivity contribution in [1.29, 1.82) is 0 Å². The molecule has 0 aliphatic carbocycles. The van der Waals surface area contributed by atoms with E-state index in [2.05, 4.69) is 9.72 Å². The maximum Gasteiger partial charge on any atom is 0.325 e. The van der Waals surface area contributed by atoms with Crippen LogP contribution >= 0.6 is 24.8 Å². The average molecular weight is 242 g/mol. The molecule has 0 spiro atoms. The van der Waals surface area contributed by atoms with Crippen LogP contribution in [0.4, 0.5) is 0 Å². The van der Waals surface area contributed by atoms with Gasteiger partial charge in [0.25, 0.3) is 0 Å². The van der Waals surface area contributed by atoms with E-state index in [4.69, 9.17) is 5.73 Å². The second-order valence-electron chi connectivity index (χ2n) is 2.25. The summed E-state index contributed by atoms with van der Waals surface area (Å²) >= 11 is 0. The quantitative estimate of drug-likeness (QED) is 0.777. The number of rotatable bonds is 3. The van der Waals surface area contributed by atoms with E-state index in [0.29, 0.717) is 12.4 Å². The van der Waals surface area contributed by atoms with Crippen molar-refractivity contribution in [1.82, 2.24) is 9.55 Å². The van der Waals surface area contributed by atoms with Crippen molar-refractivity contribution in [2.45, 2.75) is 13.1 Å². The number of imidazole rings is 1. The van der Waals surface area contributed by atoms with Crippen molar-refractivity contribution < 1.29 is 9.53 Å². The Kier molecular flexibility index (Phi) is 8.52. The van der Waals surface area contributed by atoms with Crippen molar-refractivity contribution in [3.63, 3.8) is 0 Å². The van der Waals surface area contributed by atoms with E-state index in [9.17, 15) is 4.79 Å². The molecule has 0 bridgehead atoms. The number of ether oxygens (including phenoxy) is 1. The topological polar surface area (TPSA) is 70.1 Å². The van der Waals surface area contributed by atoms with Crippen LogP contribution in [0.1, 0.15) is 5.82 Å². The summed E-state index contributed by atoms with van der Waals surface area (Å²) in [5, 5.41) is 0. The smallest absolute Gasteiger partial charge is 0.325 e. The van der Waals surface area contributed by atoms with Crippen LogP contribution in [-0.4, -0.2) is 22.6 Å². The molecule has 0 aliphatic heterocycles. The van der Waals surface area contributed by atoms with E-state index in [0.717, 1.165) is 0 Å². The van der Waals surface area contributed by atoms with Crippen LogP contribution in [0.5, 0.6) is 0 Å². The molecule has 0 amide bonds. The van der Waals surface area contributed by atoms with Gasteiger partial charge >= 0.3 is 5.97 Å². The first-order chi connectivity index (χ1) is 5.77. The van der Waals surface area contributed by atoms with Crippen LogP contribution in [0.3, 0.4) is 0 Å². The van der Waals surface area contributed by atoms with Crippen LogP contribution in [0.25, 0.3) is 0 Å². The predicted molar refractivity (Wildman–Crippen MR) is 56.6 cm³/mol. The molecule has 5 nitrogen and oxygen atoms in total. The minimum absolute atomic E-state index is 0. The van der Waals surface area contributed by atoms with E-state index in [1.807, 2.05) is 0 Å². The molecule has 1 aromatic rings. The first-order valence-corrected chi connectivity index (χ1v) is 3.55. The second-order valence-corrected chi connectivity index (χ2v) is 2.25. The number of halogens is 2. The van der Waals surface area contributed by atoms with Gasteiger partial charge < -0.3 is 15.0 Å². The van der Waals surface area contributed by atoms with E-state index in [1.54, 1.807) is 17.0 Å². The second kappa shape index (κ2) is 7.61. The number of carbonyl (C=O) groups excluding carboxylic acids is 1. The number of nitrogens with two attached hydrogens (primary N) is 1. The van der Waals surface area contributed by atoms with Crippen molar-refractivity contribution in [2.24, 2.45) is 5.73 Å². The van der Waals surface area contributed by atoms with Crippen LogP contribution in [0, 0.1) is 0 Å². The fraction of sp³-hybridized carbons (Fsp3) is 0.429. The van der Waals surface area contributed by atoms with Gasteiger partial charge in [-0.25, -0.2) is 4.98 Å². The zero-order chi connectivity index (χ0) is 8.97. The molecule has 0 aliphatic rings. The van der Waals surface area contributed by atoms with Gasteiger partial charge in [0.15, 0.2) is 0 Å².